The van der Waals surface area contributed by atoms with Gasteiger partial charge in [-0.3, -0.25) is 4.79 Å². The second-order valence-corrected chi connectivity index (χ2v) is 5.28. The number of benzene rings is 3. The lowest BCUT2D eigenvalue weighted by molar-refractivity contribution is 0.104. The molecule has 0 aromatic heterocycles. The highest BCUT2D eigenvalue weighted by atomic mass is 16.1. The number of allylic oxidation sites excluding steroid dienone is 1. The van der Waals surface area contributed by atoms with Crippen LogP contribution in [0.2, 0.25) is 0 Å². The molecule has 0 aliphatic rings. The van der Waals surface area contributed by atoms with Crippen LogP contribution in [-0.4, -0.2) is 5.78 Å². The van der Waals surface area contributed by atoms with Crippen LogP contribution < -0.4 is 0 Å². The van der Waals surface area contributed by atoms with Crippen LogP contribution in [0.5, 0.6) is 0 Å². The molecular formula is C23H16O. The van der Waals surface area contributed by atoms with Crippen LogP contribution in [-0.2, 0) is 0 Å². The minimum atomic E-state index is -0.0668. The van der Waals surface area contributed by atoms with Gasteiger partial charge in [0.1, 0.15) is 0 Å². The number of carbonyl (C=O) groups is 1. The first-order chi connectivity index (χ1) is 11.8. The Hall–Kier alpha value is -3.37. The molecule has 24 heavy (non-hydrogen) atoms. The lowest BCUT2D eigenvalue weighted by atomic mass is 10.0. The maximum Gasteiger partial charge on any atom is 0.201 e. The molecule has 3 aromatic rings. The van der Waals surface area contributed by atoms with Gasteiger partial charge in [-0.05, 0) is 23.8 Å². The monoisotopic (exact) mass is 308 g/mol. The maximum atomic E-state index is 12.8. The highest BCUT2D eigenvalue weighted by Crippen LogP contribution is 2.13. The average molecular weight is 308 g/mol. The summed E-state index contributed by atoms with van der Waals surface area (Å²) in [6.45, 7) is 0. The van der Waals surface area contributed by atoms with Gasteiger partial charge in [0.2, 0.25) is 5.78 Å². The molecule has 1 heteroatoms. The zero-order valence-electron chi connectivity index (χ0n) is 13.1. The third-order valence-corrected chi connectivity index (χ3v) is 3.51. The summed E-state index contributed by atoms with van der Waals surface area (Å²) in [5, 5.41) is 0. The molecule has 1 nitrogen and oxygen atoms in total. The Labute approximate surface area is 142 Å². The second-order valence-electron chi connectivity index (χ2n) is 5.28. The van der Waals surface area contributed by atoms with Crippen molar-refractivity contribution in [3.8, 4) is 11.8 Å². The van der Waals surface area contributed by atoms with Gasteiger partial charge in [0, 0.05) is 11.1 Å². The summed E-state index contributed by atoms with van der Waals surface area (Å²) in [6, 6.07) is 28.7. The van der Waals surface area contributed by atoms with Gasteiger partial charge in [0.05, 0.1) is 5.57 Å². The Bertz CT molecular complexity index is 896. The fourth-order valence-corrected chi connectivity index (χ4v) is 2.28. The minimum Gasteiger partial charge on any atom is -0.288 e. The normalized spacial score (nSPS) is 10.6. The fourth-order valence-electron chi connectivity index (χ4n) is 2.28. The van der Waals surface area contributed by atoms with Gasteiger partial charge in [-0.1, -0.05) is 90.7 Å². The molecule has 0 N–H and O–H groups in total. The lowest BCUT2D eigenvalue weighted by Crippen LogP contribution is -2.01. The van der Waals surface area contributed by atoms with E-state index in [1.165, 1.54) is 0 Å². The number of hydrogen-bond acceptors (Lipinski definition) is 1. The molecule has 0 fully saturated rings. The molecule has 0 heterocycles. The van der Waals surface area contributed by atoms with Crippen molar-refractivity contribution < 1.29 is 4.79 Å². The molecule has 0 bridgehead atoms. The van der Waals surface area contributed by atoms with Crippen molar-refractivity contribution in [2.24, 2.45) is 0 Å². The summed E-state index contributed by atoms with van der Waals surface area (Å²) < 4.78 is 0. The van der Waals surface area contributed by atoms with E-state index >= 15 is 0 Å². The Kier molecular flexibility index (Phi) is 5.02. The van der Waals surface area contributed by atoms with Crippen molar-refractivity contribution in [3.63, 3.8) is 0 Å². The fraction of sp³-hybridized carbons (Fsp3) is 0. The third kappa shape index (κ3) is 4.09. The SMILES string of the molecule is O=C(C(C#Cc1ccccc1)=Cc1ccccc1)c1ccccc1. The molecule has 114 valence electrons. The van der Waals surface area contributed by atoms with Crippen LogP contribution in [0.3, 0.4) is 0 Å². The summed E-state index contributed by atoms with van der Waals surface area (Å²) in [7, 11) is 0. The zero-order chi connectivity index (χ0) is 16.6. The van der Waals surface area contributed by atoms with E-state index in [9.17, 15) is 4.79 Å². The summed E-state index contributed by atoms with van der Waals surface area (Å²) in [5.74, 6) is 6.05. The van der Waals surface area contributed by atoms with E-state index in [0.717, 1.165) is 11.1 Å². The van der Waals surface area contributed by atoms with Crippen molar-refractivity contribution in [2.45, 2.75) is 0 Å². The van der Waals surface area contributed by atoms with Crippen LogP contribution in [0.15, 0.2) is 96.6 Å². The smallest absolute Gasteiger partial charge is 0.201 e. The molecule has 0 radical (unpaired) electrons. The first kappa shape index (κ1) is 15.5. The lowest BCUT2D eigenvalue weighted by Gasteiger charge is -2.01. The van der Waals surface area contributed by atoms with Crippen LogP contribution >= 0.6 is 0 Å². The standard InChI is InChI=1S/C23H16O/c24-23(21-14-8-3-9-15-21)22(18-20-12-6-2-7-13-20)17-16-19-10-4-1-5-11-19/h1-15,18H. The van der Waals surface area contributed by atoms with Gasteiger partial charge in [0.15, 0.2) is 0 Å². The van der Waals surface area contributed by atoms with E-state index in [0.29, 0.717) is 11.1 Å². The van der Waals surface area contributed by atoms with E-state index in [2.05, 4.69) is 11.8 Å². The van der Waals surface area contributed by atoms with E-state index in [4.69, 9.17) is 0 Å². The summed E-state index contributed by atoms with van der Waals surface area (Å²) in [5.41, 5.74) is 2.97. The minimum absolute atomic E-state index is 0.0668. The molecule has 0 saturated carbocycles. The number of rotatable bonds is 3. The molecule has 0 aliphatic heterocycles. The molecule has 0 amide bonds. The van der Waals surface area contributed by atoms with Crippen LogP contribution in [0.1, 0.15) is 21.5 Å². The molecule has 0 atom stereocenters. The van der Waals surface area contributed by atoms with Gasteiger partial charge in [-0.15, -0.1) is 0 Å². The number of ketones is 1. The average Bonchev–Trinajstić information content (AvgIpc) is 2.67. The quantitative estimate of drug-likeness (QED) is 0.378. The second kappa shape index (κ2) is 7.76. The topological polar surface area (TPSA) is 17.1 Å². The van der Waals surface area contributed by atoms with Crippen molar-refractivity contribution in [3.05, 3.63) is 113 Å². The number of Topliss-reactive ketones (excluding diaryl/α,β-unsaturated/α-hetero) is 1. The van der Waals surface area contributed by atoms with E-state index < -0.39 is 0 Å². The number of carbonyl (C=O) groups excluding carboxylic acids is 1. The van der Waals surface area contributed by atoms with E-state index in [1.807, 2.05) is 97.1 Å². The summed E-state index contributed by atoms with van der Waals surface area (Å²) in [6.07, 6.45) is 1.84. The predicted molar refractivity (Wildman–Crippen MR) is 98.5 cm³/mol. The van der Waals surface area contributed by atoms with E-state index in [-0.39, 0.29) is 5.78 Å². The van der Waals surface area contributed by atoms with Gasteiger partial charge < -0.3 is 0 Å². The van der Waals surface area contributed by atoms with Crippen LogP contribution in [0, 0.1) is 11.8 Å². The summed E-state index contributed by atoms with van der Waals surface area (Å²) in [4.78, 5) is 12.8. The van der Waals surface area contributed by atoms with E-state index in [1.54, 1.807) is 0 Å². The molecule has 0 saturated heterocycles. The number of hydrogen-bond donors (Lipinski definition) is 0. The van der Waals surface area contributed by atoms with Crippen molar-refractivity contribution in [1.82, 2.24) is 0 Å². The Morgan fingerprint density at radius 3 is 1.88 bits per heavy atom. The van der Waals surface area contributed by atoms with Gasteiger partial charge in [0.25, 0.3) is 0 Å². The first-order valence-corrected chi connectivity index (χ1v) is 7.76. The highest BCUT2D eigenvalue weighted by Gasteiger charge is 2.10. The highest BCUT2D eigenvalue weighted by molar-refractivity contribution is 6.14. The Morgan fingerprint density at radius 2 is 1.25 bits per heavy atom. The molecular weight excluding hydrogens is 292 g/mol. The van der Waals surface area contributed by atoms with Gasteiger partial charge >= 0.3 is 0 Å². The predicted octanol–water partition coefficient (Wildman–Crippen LogP) is 5.00. The van der Waals surface area contributed by atoms with Crippen molar-refractivity contribution in [2.75, 3.05) is 0 Å². The molecule has 0 aliphatic carbocycles. The largest absolute Gasteiger partial charge is 0.288 e. The molecule has 3 aromatic carbocycles. The zero-order valence-corrected chi connectivity index (χ0v) is 13.1. The van der Waals surface area contributed by atoms with Gasteiger partial charge in [-0.2, -0.15) is 0 Å². The Balaban J connectivity index is 2.00. The van der Waals surface area contributed by atoms with Crippen LogP contribution in [0.25, 0.3) is 6.08 Å². The van der Waals surface area contributed by atoms with Crippen LogP contribution in [0.4, 0.5) is 0 Å². The Morgan fingerprint density at radius 1 is 0.708 bits per heavy atom. The summed E-state index contributed by atoms with van der Waals surface area (Å²) >= 11 is 0. The van der Waals surface area contributed by atoms with Crippen molar-refractivity contribution >= 4 is 11.9 Å². The molecule has 0 unspecified atom stereocenters. The molecule has 3 rings (SSSR count). The molecule has 0 spiro atoms. The first-order valence-electron chi connectivity index (χ1n) is 7.76. The van der Waals surface area contributed by atoms with Gasteiger partial charge in [-0.25, -0.2) is 0 Å². The maximum absolute atomic E-state index is 12.8. The van der Waals surface area contributed by atoms with Crippen molar-refractivity contribution in [1.29, 1.82) is 0 Å². The third-order valence-electron chi connectivity index (χ3n) is 3.51.